The monoisotopic (exact) mass is 445 g/mol. The van der Waals surface area contributed by atoms with Crippen LogP contribution < -0.4 is 5.32 Å². The summed E-state index contributed by atoms with van der Waals surface area (Å²) < 4.78 is 1.96. The van der Waals surface area contributed by atoms with Crippen LogP contribution in [0.5, 0.6) is 0 Å². The van der Waals surface area contributed by atoms with Crippen LogP contribution in [0, 0.1) is 6.92 Å². The van der Waals surface area contributed by atoms with Gasteiger partial charge in [0.15, 0.2) is 5.13 Å². The van der Waals surface area contributed by atoms with Crippen LogP contribution in [-0.4, -0.2) is 37.8 Å². The van der Waals surface area contributed by atoms with Crippen LogP contribution in [-0.2, 0) is 7.05 Å². The molecule has 162 valence electrons. The number of thiazole rings is 1. The molecule has 7 nitrogen and oxygen atoms in total. The lowest BCUT2D eigenvalue weighted by Crippen LogP contribution is -2.32. The Bertz CT molecular complexity index is 1290. The number of likely N-dealkylation sites (tertiary alicyclic amines) is 1. The Morgan fingerprint density at radius 1 is 1.16 bits per heavy atom. The summed E-state index contributed by atoms with van der Waals surface area (Å²) in [5.74, 6) is -0.236. The number of pyridine rings is 1. The minimum atomic E-state index is -0.246. The molecule has 1 aromatic carbocycles. The number of anilines is 1. The number of nitrogens with zero attached hydrogens (tertiary/aromatic N) is 4. The van der Waals surface area contributed by atoms with Gasteiger partial charge in [0.2, 0.25) is 0 Å². The molecule has 0 saturated carbocycles. The molecule has 1 fully saturated rings. The van der Waals surface area contributed by atoms with Crippen molar-refractivity contribution >= 4 is 39.2 Å². The largest absolute Gasteiger partial charge is 0.340 e. The Morgan fingerprint density at radius 2 is 2.03 bits per heavy atom. The summed E-state index contributed by atoms with van der Waals surface area (Å²) in [5.41, 5.74) is 4.16. The van der Waals surface area contributed by atoms with Crippen molar-refractivity contribution in [2.75, 3.05) is 11.9 Å². The molecule has 0 spiro atoms. The molecule has 0 radical (unpaired) electrons. The molecule has 1 saturated heterocycles. The van der Waals surface area contributed by atoms with Gasteiger partial charge in [-0.05, 0) is 50.1 Å². The molecule has 4 aromatic rings. The summed E-state index contributed by atoms with van der Waals surface area (Å²) in [6.45, 7) is 2.75. The number of carbonyl (C=O) groups excluding carboxylic acids is 2. The molecule has 4 heterocycles. The maximum atomic E-state index is 13.5. The molecular weight excluding hydrogens is 422 g/mol. The van der Waals surface area contributed by atoms with E-state index in [1.165, 1.54) is 16.9 Å². The normalized spacial score (nSPS) is 15.9. The molecule has 8 heteroatoms. The van der Waals surface area contributed by atoms with Crippen LogP contribution in [0.4, 0.5) is 5.13 Å². The van der Waals surface area contributed by atoms with Crippen molar-refractivity contribution in [1.29, 1.82) is 0 Å². The fourth-order valence-corrected chi connectivity index (χ4v) is 4.85. The van der Waals surface area contributed by atoms with Gasteiger partial charge >= 0.3 is 0 Å². The number of aromatic nitrogens is 3. The van der Waals surface area contributed by atoms with E-state index in [1.54, 1.807) is 23.8 Å². The zero-order valence-electron chi connectivity index (χ0n) is 17.9. The fraction of sp³-hybridized carbons (Fsp3) is 0.250. The van der Waals surface area contributed by atoms with Crippen LogP contribution in [0.25, 0.3) is 10.9 Å². The number of rotatable bonds is 4. The number of fused-ring (bicyclic) bond motifs is 1. The van der Waals surface area contributed by atoms with E-state index in [2.05, 4.69) is 40.4 Å². The van der Waals surface area contributed by atoms with Crippen molar-refractivity contribution in [1.82, 2.24) is 19.4 Å². The van der Waals surface area contributed by atoms with Gasteiger partial charge in [0.05, 0.1) is 17.3 Å². The second-order valence-electron chi connectivity index (χ2n) is 8.07. The number of nitrogens with one attached hydrogen (secondary N) is 1. The van der Waals surface area contributed by atoms with Crippen LogP contribution in [0.2, 0.25) is 0 Å². The molecule has 0 aliphatic carbocycles. The SMILES string of the molecule is Cc1ccc2c(c1)cc(C(=O)N1CCC[C@H]1c1ccc(C(=O)Nc3nccs3)cn1)n2C. The third-order valence-corrected chi connectivity index (χ3v) is 6.66. The highest BCUT2D eigenvalue weighted by Crippen LogP contribution is 2.33. The zero-order valence-corrected chi connectivity index (χ0v) is 18.7. The average Bonchev–Trinajstić information content (AvgIpc) is 3.54. The number of amides is 2. The molecule has 1 atom stereocenters. The van der Waals surface area contributed by atoms with E-state index in [0.717, 1.165) is 29.4 Å². The Balaban J connectivity index is 1.37. The Hall–Kier alpha value is -3.52. The van der Waals surface area contributed by atoms with Crippen molar-refractivity contribution in [3.8, 4) is 0 Å². The lowest BCUT2D eigenvalue weighted by molar-refractivity contribution is 0.0723. The average molecular weight is 446 g/mol. The number of aryl methyl sites for hydroxylation is 2. The Morgan fingerprint density at radius 3 is 2.78 bits per heavy atom. The topological polar surface area (TPSA) is 80.1 Å². The summed E-state index contributed by atoms with van der Waals surface area (Å²) in [6.07, 6.45) is 4.99. The van der Waals surface area contributed by atoms with Crippen molar-refractivity contribution in [3.05, 3.63) is 76.7 Å². The molecule has 1 aliphatic heterocycles. The number of benzene rings is 1. The maximum absolute atomic E-state index is 13.5. The van der Waals surface area contributed by atoms with Crippen molar-refractivity contribution < 1.29 is 9.59 Å². The molecular formula is C24H23N5O2S. The van der Waals surface area contributed by atoms with Gasteiger partial charge in [0.1, 0.15) is 5.69 Å². The molecule has 3 aromatic heterocycles. The second kappa shape index (κ2) is 8.20. The molecule has 0 unspecified atom stereocenters. The molecule has 32 heavy (non-hydrogen) atoms. The van der Waals surface area contributed by atoms with Crippen LogP contribution >= 0.6 is 11.3 Å². The third kappa shape index (κ3) is 3.67. The minimum Gasteiger partial charge on any atom is -0.340 e. The van der Waals surface area contributed by atoms with E-state index in [9.17, 15) is 9.59 Å². The predicted molar refractivity (Wildman–Crippen MR) is 125 cm³/mol. The van der Waals surface area contributed by atoms with E-state index in [0.29, 0.717) is 22.9 Å². The van der Waals surface area contributed by atoms with E-state index in [4.69, 9.17) is 0 Å². The number of hydrogen-bond donors (Lipinski definition) is 1. The lowest BCUT2D eigenvalue weighted by Gasteiger charge is -2.24. The lowest BCUT2D eigenvalue weighted by atomic mass is 10.1. The minimum absolute atomic E-state index is 0.0104. The van der Waals surface area contributed by atoms with Gasteiger partial charge in [-0.2, -0.15) is 0 Å². The predicted octanol–water partition coefficient (Wildman–Crippen LogP) is 4.57. The summed E-state index contributed by atoms with van der Waals surface area (Å²) in [5, 5.41) is 6.19. The van der Waals surface area contributed by atoms with Crippen LogP contribution in [0.15, 0.2) is 54.2 Å². The van der Waals surface area contributed by atoms with E-state index in [-0.39, 0.29) is 17.9 Å². The first kappa shape index (κ1) is 20.4. The summed E-state index contributed by atoms with van der Waals surface area (Å²) in [7, 11) is 1.93. The first-order valence-corrected chi connectivity index (χ1v) is 11.4. The highest BCUT2D eigenvalue weighted by molar-refractivity contribution is 7.13. The third-order valence-electron chi connectivity index (χ3n) is 5.97. The van der Waals surface area contributed by atoms with Gasteiger partial charge in [-0.1, -0.05) is 11.6 Å². The molecule has 1 aliphatic rings. The Labute approximate surface area is 189 Å². The highest BCUT2D eigenvalue weighted by atomic mass is 32.1. The van der Waals surface area contributed by atoms with Gasteiger partial charge in [-0.3, -0.25) is 19.9 Å². The van der Waals surface area contributed by atoms with Gasteiger partial charge in [0, 0.05) is 42.3 Å². The van der Waals surface area contributed by atoms with Crippen molar-refractivity contribution in [3.63, 3.8) is 0 Å². The second-order valence-corrected chi connectivity index (χ2v) is 8.97. The highest BCUT2D eigenvalue weighted by Gasteiger charge is 2.33. The quantitative estimate of drug-likeness (QED) is 0.499. The summed E-state index contributed by atoms with van der Waals surface area (Å²) in [6, 6.07) is 11.7. The van der Waals surface area contributed by atoms with Crippen LogP contribution in [0.3, 0.4) is 0 Å². The van der Waals surface area contributed by atoms with Crippen LogP contribution in [0.1, 0.15) is 51.0 Å². The van der Waals surface area contributed by atoms with Gasteiger partial charge < -0.3 is 9.47 Å². The van der Waals surface area contributed by atoms with Gasteiger partial charge in [-0.25, -0.2) is 4.98 Å². The van der Waals surface area contributed by atoms with E-state index < -0.39 is 0 Å². The molecule has 2 amide bonds. The maximum Gasteiger partial charge on any atom is 0.271 e. The standard InChI is InChI=1S/C24H23N5O2S/c1-15-5-8-19-17(12-15)13-21(28(19)2)23(31)29-10-3-4-20(29)18-7-6-16(14-26-18)22(30)27-24-25-9-11-32-24/h5-9,11-14,20H,3-4,10H2,1-2H3,(H,25,27,30)/t20-/m0/s1. The number of hydrogen-bond acceptors (Lipinski definition) is 5. The van der Waals surface area contributed by atoms with E-state index >= 15 is 0 Å². The summed E-state index contributed by atoms with van der Waals surface area (Å²) >= 11 is 1.36. The van der Waals surface area contributed by atoms with Gasteiger partial charge in [-0.15, -0.1) is 11.3 Å². The Kier molecular flexibility index (Phi) is 5.22. The number of carbonyl (C=O) groups is 2. The molecule has 5 rings (SSSR count). The first-order chi connectivity index (χ1) is 15.5. The fourth-order valence-electron chi connectivity index (χ4n) is 4.33. The molecule has 1 N–H and O–H groups in total. The van der Waals surface area contributed by atoms with Crippen molar-refractivity contribution in [2.45, 2.75) is 25.8 Å². The van der Waals surface area contributed by atoms with E-state index in [1.807, 2.05) is 28.6 Å². The molecule has 0 bridgehead atoms. The smallest absolute Gasteiger partial charge is 0.271 e. The summed E-state index contributed by atoms with van der Waals surface area (Å²) in [4.78, 5) is 36.4. The first-order valence-electron chi connectivity index (χ1n) is 10.5. The van der Waals surface area contributed by atoms with Crippen molar-refractivity contribution in [2.24, 2.45) is 7.05 Å². The zero-order chi connectivity index (χ0) is 22.2. The van der Waals surface area contributed by atoms with Gasteiger partial charge in [0.25, 0.3) is 11.8 Å².